The molecule has 3 rings (SSSR count). The SMILES string of the molecule is COc1ccc(NC(=O)N(C2=NCCC2)c2ccccc2)cc1. The van der Waals surface area contributed by atoms with Gasteiger partial charge in [-0.25, -0.2) is 4.79 Å². The lowest BCUT2D eigenvalue weighted by Gasteiger charge is -2.23. The number of amides is 2. The van der Waals surface area contributed by atoms with Crippen LogP contribution in [0, 0.1) is 0 Å². The fourth-order valence-corrected chi connectivity index (χ4v) is 2.52. The highest BCUT2D eigenvalue weighted by molar-refractivity contribution is 6.20. The normalized spacial score (nSPS) is 13.3. The Hall–Kier alpha value is -2.82. The molecule has 0 bridgehead atoms. The van der Waals surface area contributed by atoms with Gasteiger partial charge in [-0.3, -0.25) is 9.89 Å². The summed E-state index contributed by atoms with van der Waals surface area (Å²) in [5, 5.41) is 2.92. The lowest BCUT2D eigenvalue weighted by molar-refractivity contribution is 0.259. The van der Waals surface area contributed by atoms with E-state index in [2.05, 4.69) is 10.3 Å². The number of carbonyl (C=O) groups excluding carboxylic acids is 1. The minimum atomic E-state index is -0.206. The number of carbonyl (C=O) groups is 1. The van der Waals surface area contributed by atoms with Crippen molar-refractivity contribution >= 4 is 23.2 Å². The molecule has 2 aromatic carbocycles. The van der Waals surface area contributed by atoms with E-state index in [0.29, 0.717) is 0 Å². The summed E-state index contributed by atoms with van der Waals surface area (Å²) in [6, 6.07) is 16.6. The lowest BCUT2D eigenvalue weighted by atomic mass is 10.2. The third kappa shape index (κ3) is 3.51. The molecule has 0 radical (unpaired) electrons. The van der Waals surface area contributed by atoms with Crippen molar-refractivity contribution in [2.24, 2.45) is 4.99 Å². The summed E-state index contributed by atoms with van der Waals surface area (Å²) in [4.78, 5) is 18.9. The highest BCUT2D eigenvalue weighted by Crippen LogP contribution is 2.21. The van der Waals surface area contributed by atoms with Gasteiger partial charge in [0, 0.05) is 18.7 Å². The molecule has 0 unspecified atom stereocenters. The number of para-hydroxylation sites is 1. The van der Waals surface area contributed by atoms with E-state index in [1.165, 1.54) is 0 Å². The number of nitrogens with one attached hydrogen (secondary N) is 1. The van der Waals surface area contributed by atoms with Crippen LogP contribution in [0.25, 0.3) is 0 Å². The van der Waals surface area contributed by atoms with E-state index < -0.39 is 0 Å². The van der Waals surface area contributed by atoms with Gasteiger partial charge in [0.05, 0.1) is 12.8 Å². The van der Waals surface area contributed by atoms with Crippen LogP contribution in [-0.4, -0.2) is 25.5 Å². The van der Waals surface area contributed by atoms with E-state index >= 15 is 0 Å². The second-order valence-corrected chi connectivity index (χ2v) is 5.23. The predicted octanol–water partition coefficient (Wildman–Crippen LogP) is 3.93. The number of amidine groups is 1. The largest absolute Gasteiger partial charge is 0.497 e. The summed E-state index contributed by atoms with van der Waals surface area (Å²) < 4.78 is 5.13. The quantitative estimate of drug-likeness (QED) is 0.934. The molecule has 5 nitrogen and oxygen atoms in total. The van der Waals surface area contributed by atoms with Crippen molar-refractivity contribution in [3.8, 4) is 5.75 Å². The Bertz CT molecular complexity index is 696. The molecule has 0 aliphatic carbocycles. The van der Waals surface area contributed by atoms with Crippen LogP contribution in [-0.2, 0) is 0 Å². The number of methoxy groups -OCH3 is 1. The average molecular weight is 309 g/mol. The number of hydrogen-bond donors (Lipinski definition) is 1. The van der Waals surface area contributed by atoms with Crippen LogP contribution in [0.15, 0.2) is 59.6 Å². The summed E-state index contributed by atoms with van der Waals surface area (Å²) in [5.74, 6) is 1.56. The summed E-state index contributed by atoms with van der Waals surface area (Å²) >= 11 is 0. The molecule has 1 heterocycles. The lowest BCUT2D eigenvalue weighted by Crippen LogP contribution is -2.39. The Balaban J connectivity index is 1.82. The number of rotatable bonds is 3. The first kappa shape index (κ1) is 15.1. The van der Waals surface area contributed by atoms with Gasteiger partial charge in [0.25, 0.3) is 0 Å². The van der Waals surface area contributed by atoms with Gasteiger partial charge in [0.1, 0.15) is 11.6 Å². The zero-order valence-electron chi connectivity index (χ0n) is 13.0. The van der Waals surface area contributed by atoms with Crippen LogP contribution in [0.2, 0.25) is 0 Å². The zero-order valence-corrected chi connectivity index (χ0v) is 13.0. The van der Waals surface area contributed by atoms with Crippen LogP contribution in [0.4, 0.5) is 16.2 Å². The molecule has 0 saturated heterocycles. The number of aliphatic imine (C=N–C) groups is 1. The highest BCUT2D eigenvalue weighted by Gasteiger charge is 2.23. The third-order valence-corrected chi connectivity index (χ3v) is 3.67. The van der Waals surface area contributed by atoms with Gasteiger partial charge in [-0.2, -0.15) is 0 Å². The number of ether oxygens (including phenoxy) is 1. The van der Waals surface area contributed by atoms with Crippen LogP contribution >= 0.6 is 0 Å². The molecule has 0 aromatic heterocycles. The second-order valence-electron chi connectivity index (χ2n) is 5.23. The van der Waals surface area contributed by atoms with Crippen molar-refractivity contribution in [3.63, 3.8) is 0 Å². The molecular weight excluding hydrogens is 290 g/mol. The minimum absolute atomic E-state index is 0.206. The van der Waals surface area contributed by atoms with Gasteiger partial charge < -0.3 is 10.1 Å². The molecule has 118 valence electrons. The van der Waals surface area contributed by atoms with Crippen molar-refractivity contribution in [2.45, 2.75) is 12.8 Å². The van der Waals surface area contributed by atoms with E-state index in [1.807, 2.05) is 54.6 Å². The topological polar surface area (TPSA) is 53.9 Å². The first-order chi connectivity index (χ1) is 11.3. The number of nitrogens with zero attached hydrogens (tertiary/aromatic N) is 2. The number of hydrogen-bond acceptors (Lipinski definition) is 3. The van der Waals surface area contributed by atoms with Gasteiger partial charge in [0.15, 0.2) is 0 Å². The first-order valence-corrected chi connectivity index (χ1v) is 7.61. The van der Waals surface area contributed by atoms with E-state index in [9.17, 15) is 4.79 Å². The maximum atomic E-state index is 12.8. The Labute approximate surface area is 135 Å². The third-order valence-electron chi connectivity index (χ3n) is 3.67. The fourth-order valence-electron chi connectivity index (χ4n) is 2.52. The smallest absolute Gasteiger partial charge is 0.331 e. The number of benzene rings is 2. The molecule has 1 aliphatic heterocycles. The Morgan fingerprint density at radius 2 is 1.87 bits per heavy atom. The van der Waals surface area contributed by atoms with Crippen LogP contribution < -0.4 is 15.0 Å². The molecular formula is C18H19N3O2. The standard InChI is InChI=1S/C18H19N3O2/c1-23-16-11-9-14(10-12-16)20-18(22)21(17-8-5-13-19-17)15-6-3-2-4-7-15/h2-4,6-7,9-12H,5,8,13H2,1H3,(H,20,22). The summed E-state index contributed by atoms with van der Waals surface area (Å²) in [7, 11) is 1.61. The molecule has 0 spiro atoms. The minimum Gasteiger partial charge on any atom is -0.497 e. The highest BCUT2D eigenvalue weighted by atomic mass is 16.5. The summed E-state index contributed by atoms with van der Waals surface area (Å²) in [5.41, 5.74) is 1.54. The van der Waals surface area contributed by atoms with Crippen molar-refractivity contribution in [3.05, 3.63) is 54.6 Å². The van der Waals surface area contributed by atoms with Crippen LogP contribution in [0.5, 0.6) is 5.75 Å². The molecule has 0 fully saturated rings. The van der Waals surface area contributed by atoms with Gasteiger partial charge >= 0.3 is 6.03 Å². The Kier molecular flexibility index (Phi) is 4.57. The van der Waals surface area contributed by atoms with Gasteiger partial charge in [-0.15, -0.1) is 0 Å². The van der Waals surface area contributed by atoms with Gasteiger partial charge in [-0.1, -0.05) is 18.2 Å². The molecule has 2 aromatic rings. The van der Waals surface area contributed by atoms with Crippen molar-refractivity contribution in [1.29, 1.82) is 0 Å². The molecule has 1 aliphatic rings. The maximum absolute atomic E-state index is 12.8. The number of urea groups is 1. The Morgan fingerprint density at radius 3 is 2.48 bits per heavy atom. The molecule has 0 atom stereocenters. The predicted molar refractivity (Wildman–Crippen MR) is 92.5 cm³/mol. The molecule has 23 heavy (non-hydrogen) atoms. The fraction of sp³-hybridized carbons (Fsp3) is 0.222. The van der Waals surface area contributed by atoms with E-state index in [0.717, 1.165) is 42.3 Å². The zero-order chi connectivity index (χ0) is 16.1. The monoisotopic (exact) mass is 309 g/mol. The van der Waals surface area contributed by atoms with E-state index in [4.69, 9.17) is 4.74 Å². The summed E-state index contributed by atoms with van der Waals surface area (Å²) in [6.07, 6.45) is 1.79. The van der Waals surface area contributed by atoms with Gasteiger partial charge in [0.2, 0.25) is 0 Å². The van der Waals surface area contributed by atoms with Crippen molar-refractivity contribution < 1.29 is 9.53 Å². The Morgan fingerprint density at radius 1 is 1.13 bits per heavy atom. The average Bonchev–Trinajstić information content (AvgIpc) is 3.11. The summed E-state index contributed by atoms with van der Waals surface area (Å²) in [6.45, 7) is 0.772. The van der Waals surface area contributed by atoms with Crippen molar-refractivity contribution in [2.75, 3.05) is 23.9 Å². The first-order valence-electron chi connectivity index (χ1n) is 7.61. The van der Waals surface area contributed by atoms with Crippen LogP contribution in [0.1, 0.15) is 12.8 Å². The van der Waals surface area contributed by atoms with E-state index in [1.54, 1.807) is 12.0 Å². The molecule has 2 amide bonds. The molecule has 1 N–H and O–H groups in total. The number of anilines is 2. The van der Waals surface area contributed by atoms with E-state index in [-0.39, 0.29) is 6.03 Å². The maximum Gasteiger partial charge on any atom is 0.331 e. The van der Waals surface area contributed by atoms with Crippen molar-refractivity contribution in [1.82, 2.24) is 0 Å². The second kappa shape index (κ2) is 6.96. The molecule has 0 saturated carbocycles. The van der Waals surface area contributed by atoms with Gasteiger partial charge in [-0.05, 0) is 42.8 Å². The van der Waals surface area contributed by atoms with Crippen LogP contribution in [0.3, 0.4) is 0 Å². The molecule has 5 heteroatoms.